The van der Waals surface area contributed by atoms with Crippen LogP contribution in [0, 0.1) is 0 Å². The summed E-state index contributed by atoms with van der Waals surface area (Å²) in [5.41, 5.74) is 3.24. The molecule has 4 aromatic rings. The fraction of sp³-hybridized carbons (Fsp3) is 0.353. The highest BCUT2D eigenvalue weighted by Crippen LogP contribution is 2.35. The zero-order valence-electron chi connectivity index (χ0n) is 25.3. The summed E-state index contributed by atoms with van der Waals surface area (Å²) in [5, 5.41) is 9.49. The van der Waals surface area contributed by atoms with E-state index < -0.39 is 23.0 Å². The quantitative estimate of drug-likeness (QED) is 0.164. The number of benzene rings is 3. The van der Waals surface area contributed by atoms with Gasteiger partial charge in [-0.3, -0.25) is 9.69 Å². The smallest absolute Gasteiger partial charge is 0.416 e. The standard InChI is InChI=1S/C34H34F3N3O4S2/c1-2-30(33(41)42)45-27-10-8-26(9-11-27)44-21-31-28(38-32(46-31)22-3-5-24(6-4-22)34(35,36)37)20-39-14-16-40(17-15-39)25-7-12-29-23(19-25)13-18-43-29/h3-12,19,30H,2,13-18,20-21H2,1H3,(H,41,42). The van der Waals surface area contributed by atoms with Gasteiger partial charge in [-0.2, -0.15) is 13.2 Å². The SMILES string of the molecule is CCC(Sc1ccc(OCc2sc(-c3ccc(C(F)(F)F)cc3)nc2CN2CCN(c3ccc4c(c3)CCO4)CC2)cc1)C(=O)O. The first-order valence-electron chi connectivity index (χ1n) is 15.2. The van der Waals surface area contributed by atoms with E-state index in [0.29, 0.717) is 29.3 Å². The molecule has 0 radical (unpaired) electrons. The van der Waals surface area contributed by atoms with Crippen molar-refractivity contribution in [3.8, 4) is 22.1 Å². The van der Waals surface area contributed by atoms with E-state index in [0.717, 1.165) is 72.6 Å². The van der Waals surface area contributed by atoms with Gasteiger partial charge in [0.2, 0.25) is 0 Å². The lowest BCUT2D eigenvalue weighted by Crippen LogP contribution is -2.46. The molecule has 7 nitrogen and oxygen atoms in total. The maximum absolute atomic E-state index is 13.2. The highest BCUT2D eigenvalue weighted by molar-refractivity contribution is 8.00. The van der Waals surface area contributed by atoms with Crippen molar-refractivity contribution in [1.82, 2.24) is 9.88 Å². The summed E-state index contributed by atoms with van der Waals surface area (Å²) in [6, 6.07) is 18.8. The fourth-order valence-corrected chi connectivity index (χ4v) is 7.40. The van der Waals surface area contributed by atoms with Crippen LogP contribution in [0.5, 0.6) is 11.5 Å². The molecule has 6 rings (SSSR count). The zero-order valence-corrected chi connectivity index (χ0v) is 26.9. The first kappa shape index (κ1) is 32.2. The molecule has 242 valence electrons. The predicted molar refractivity (Wildman–Crippen MR) is 174 cm³/mol. The third kappa shape index (κ3) is 7.62. The Labute approximate surface area is 274 Å². The lowest BCUT2D eigenvalue weighted by molar-refractivity contribution is -0.138. The molecule has 2 aliphatic heterocycles. The van der Waals surface area contributed by atoms with E-state index in [9.17, 15) is 23.1 Å². The van der Waals surface area contributed by atoms with Crippen molar-refractivity contribution in [2.24, 2.45) is 0 Å². The van der Waals surface area contributed by atoms with Gasteiger partial charge in [0.15, 0.2) is 0 Å². The van der Waals surface area contributed by atoms with Crippen LogP contribution in [0.1, 0.15) is 35.0 Å². The molecule has 12 heteroatoms. The van der Waals surface area contributed by atoms with E-state index in [1.54, 1.807) is 0 Å². The van der Waals surface area contributed by atoms with Crippen LogP contribution >= 0.6 is 23.1 Å². The van der Waals surface area contributed by atoms with Crippen molar-refractivity contribution in [3.63, 3.8) is 0 Å². The second-order valence-corrected chi connectivity index (χ2v) is 13.6. The summed E-state index contributed by atoms with van der Waals surface area (Å²) in [7, 11) is 0. The van der Waals surface area contributed by atoms with Crippen LogP contribution in [0.25, 0.3) is 10.6 Å². The van der Waals surface area contributed by atoms with Crippen molar-refractivity contribution in [3.05, 3.63) is 88.4 Å². The molecular weight excluding hydrogens is 636 g/mol. The van der Waals surface area contributed by atoms with Gasteiger partial charge in [0, 0.05) is 55.3 Å². The van der Waals surface area contributed by atoms with E-state index in [1.807, 2.05) is 31.2 Å². The number of halogens is 3. The number of alkyl halides is 3. The molecule has 0 bridgehead atoms. The summed E-state index contributed by atoms with van der Waals surface area (Å²) >= 11 is 2.73. The molecule has 1 unspecified atom stereocenters. The first-order valence-corrected chi connectivity index (χ1v) is 16.9. The second kappa shape index (κ2) is 13.9. The van der Waals surface area contributed by atoms with Crippen LogP contribution in [0.4, 0.5) is 18.9 Å². The highest BCUT2D eigenvalue weighted by Gasteiger charge is 2.30. The molecule has 0 spiro atoms. The number of piperazine rings is 1. The number of aromatic nitrogens is 1. The van der Waals surface area contributed by atoms with Crippen LogP contribution in [0.15, 0.2) is 71.6 Å². The molecule has 1 atom stereocenters. The average molecular weight is 670 g/mol. The Hall–Kier alpha value is -3.74. The lowest BCUT2D eigenvalue weighted by atomic mass is 10.1. The monoisotopic (exact) mass is 669 g/mol. The number of thiazole rings is 1. The van der Waals surface area contributed by atoms with Crippen molar-refractivity contribution < 1.29 is 32.5 Å². The molecular formula is C34H34F3N3O4S2. The number of carboxylic acids is 1. The van der Waals surface area contributed by atoms with Crippen molar-refractivity contribution >= 4 is 34.8 Å². The number of rotatable bonds is 11. The van der Waals surface area contributed by atoms with Crippen molar-refractivity contribution in [2.45, 2.75) is 49.2 Å². The number of hydrogen-bond acceptors (Lipinski definition) is 8. The molecule has 3 aromatic carbocycles. The third-order valence-corrected chi connectivity index (χ3v) is 10.6. The minimum atomic E-state index is -4.40. The summed E-state index contributed by atoms with van der Waals surface area (Å²) < 4.78 is 51.3. The Morgan fingerprint density at radius 2 is 1.80 bits per heavy atom. The largest absolute Gasteiger partial charge is 0.493 e. The number of anilines is 1. The minimum Gasteiger partial charge on any atom is -0.493 e. The number of thioether (sulfide) groups is 1. The van der Waals surface area contributed by atoms with Crippen LogP contribution < -0.4 is 14.4 Å². The number of hydrogen-bond donors (Lipinski definition) is 1. The van der Waals surface area contributed by atoms with Crippen LogP contribution in [0.3, 0.4) is 0 Å². The molecule has 3 heterocycles. The van der Waals surface area contributed by atoms with Gasteiger partial charge in [0.1, 0.15) is 28.4 Å². The summed E-state index contributed by atoms with van der Waals surface area (Å²) in [6.07, 6.45) is -2.95. The molecule has 0 amide bonds. The maximum atomic E-state index is 13.2. The third-order valence-electron chi connectivity index (χ3n) is 8.14. The van der Waals surface area contributed by atoms with Gasteiger partial charge < -0.3 is 19.5 Å². The molecule has 0 aliphatic carbocycles. The van der Waals surface area contributed by atoms with E-state index in [2.05, 4.69) is 28.0 Å². The number of fused-ring (bicyclic) bond motifs is 1. The molecule has 1 saturated heterocycles. The number of carboxylic acid groups (broad SMARTS) is 1. The zero-order chi connectivity index (χ0) is 32.3. The lowest BCUT2D eigenvalue weighted by Gasteiger charge is -2.36. The van der Waals surface area contributed by atoms with Gasteiger partial charge in [0.05, 0.1) is 22.7 Å². The van der Waals surface area contributed by atoms with Crippen molar-refractivity contribution in [1.29, 1.82) is 0 Å². The predicted octanol–water partition coefficient (Wildman–Crippen LogP) is 7.62. The Bertz CT molecular complexity index is 1650. The van der Waals surface area contributed by atoms with Gasteiger partial charge in [-0.05, 0) is 66.6 Å². The fourth-order valence-electron chi connectivity index (χ4n) is 5.53. The Morgan fingerprint density at radius 3 is 2.48 bits per heavy atom. The van der Waals surface area contributed by atoms with Gasteiger partial charge in [-0.15, -0.1) is 23.1 Å². The van der Waals surface area contributed by atoms with Crippen LogP contribution in [-0.2, 0) is 30.5 Å². The maximum Gasteiger partial charge on any atom is 0.416 e. The summed E-state index contributed by atoms with van der Waals surface area (Å²) in [5.74, 6) is 0.772. The topological polar surface area (TPSA) is 75.1 Å². The van der Waals surface area contributed by atoms with Gasteiger partial charge >= 0.3 is 12.1 Å². The number of ether oxygens (including phenoxy) is 2. The molecule has 46 heavy (non-hydrogen) atoms. The van der Waals surface area contributed by atoms with Gasteiger partial charge in [-0.1, -0.05) is 19.1 Å². The summed E-state index contributed by atoms with van der Waals surface area (Å²) in [4.78, 5) is 22.8. The number of aliphatic carboxylic acids is 1. The number of nitrogens with zero attached hydrogens (tertiary/aromatic N) is 3. The van der Waals surface area contributed by atoms with E-state index in [-0.39, 0.29) is 6.61 Å². The molecule has 1 fully saturated rings. The Morgan fingerprint density at radius 1 is 1.07 bits per heavy atom. The van der Waals surface area contributed by atoms with Crippen LogP contribution in [-0.4, -0.2) is 59.0 Å². The number of carbonyl (C=O) groups is 1. The second-order valence-electron chi connectivity index (χ2n) is 11.2. The Kier molecular flexibility index (Phi) is 9.76. The molecule has 2 aliphatic rings. The normalized spacial score (nSPS) is 15.8. The molecule has 0 saturated carbocycles. The van der Waals surface area contributed by atoms with Crippen molar-refractivity contribution in [2.75, 3.05) is 37.7 Å². The summed E-state index contributed by atoms with van der Waals surface area (Å²) in [6.45, 7) is 6.86. The minimum absolute atomic E-state index is 0.254. The first-order chi connectivity index (χ1) is 22.2. The van der Waals surface area contributed by atoms with E-state index in [1.165, 1.54) is 46.5 Å². The average Bonchev–Trinajstić information content (AvgIpc) is 3.69. The van der Waals surface area contributed by atoms with Crippen LogP contribution in [0.2, 0.25) is 0 Å². The molecule has 1 aromatic heterocycles. The van der Waals surface area contributed by atoms with E-state index in [4.69, 9.17) is 14.5 Å². The Balaban J connectivity index is 1.15. The van der Waals surface area contributed by atoms with Gasteiger partial charge in [0.25, 0.3) is 0 Å². The molecule has 1 N–H and O–H groups in total. The highest BCUT2D eigenvalue weighted by atomic mass is 32.2. The van der Waals surface area contributed by atoms with Gasteiger partial charge in [-0.25, -0.2) is 4.98 Å². The van der Waals surface area contributed by atoms with E-state index >= 15 is 0 Å².